The molecular weight excluding hydrogens is 244 g/mol. The SMILES string of the molecule is Cc1[nH]c2ccccc2c1-c1nc(CC(=O)O)co1. The molecule has 0 amide bonds. The number of rotatable bonds is 3. The van der Waals surface area contributed by atoms with Gasteiger partial charge in [0.2, 0.25) is 5.89 Å². The predicted molar refractivity (Wildman–Crippen MR) is 69.9 cm³/mol. The molecule has 19 heavy (non-hydrogen) atoms. The number of carbonyl (C=O) groups is 1. The van der Waals surface area contributed by atoms with Crippen molar-refractivity contribution >= 4 is 16.9 Å². The zero-order chi connectivity index (χ0) is 13.4. The summed E-state index contributed by atoms with van der Waals surface area (Å²) in [6.45, 7) is 1.94. The fourth-order valence-corrected chi connectivity index (χ4v) is 2.21. The van der Waals surface area contributed by atoms with Gasteiger partial charge in [-0.05, 0) is 13.0 Å². The Hall–Kier alpha value is -2.56. The summed E-state index contributed by atoms with van der Waals surface area (Å²) in [6.07, 6.45) is 1.26. The minimum Gasteiger partial charge on any atom is -0.481 e. The summed E-state index contributed by atoms with van der Waals surface area (Å²) >= 11 is 0. The molecule has 3 rings (SSSR count). The van der Waals surface area contributed by atoms with Crippen molar-refractivity contribution in [3.05, 3.63) is 41.9 Å². The molecule has 0 saturated carbocycles. The molecule has 0 aliphatic carbocycles. The van der Waals surface area contributed by atoms with Gasteiger partial charge in [-0.25, -0.2) is 4.98 Å². The number of nitrogens with one attached hydrogen (secondary N) is 1. The number of aromatic amines is 1. The van der Waals surface area contributed by atoms with Crippen LogP contribution in [0.3, 0.4) is 0 Å². The van der Waals surface area contributed by atoms with Crippen molar-refractivity contribution in [2.45, 2.75) is 13.3 Å². The van der Waals surface area contributed by atoms with E-state index in [2.05, 4.69) is 9.97 Å². The molecule has 0 unspecified atom stereocenters. The highest BCUT2D eigenvalue weighted by Gasteiger charge is 2.16. The van der Waals surface area contributed by atoms with Crippen molar-refractivity contribution in [1.82, 2.24) is 9.97 Å². The number of benzene rings is 1. The van der Waals surface area contributed by atoms with E-state index in [1.54, 1.807) is 0 Å². The minimum atomic E-state index is -0.921. The summed E-state index contributed by atoms with van der Waals surface area (Å²) < 4.78 is 5.40. The highest BCUT2D eigenvalue weighted by atomic mass is 16.4. The first-order valence-electron chi connectivity index (χ1n) is 5.89. The molecule has 0 aliphatic rings. The Balaban J connectivity index is 2.11. The van der Waals surface area contributed by atoms with Gasteiger partial charge in [-0.15, -0.1) is 0 Å². The Morgan fingerprint density at radius 2 is 2.21 bits per heavy atom. The van der Waals surface area contributed by atoms with Crippen LogP contribution in [0.2, 0.25) is 0 Å². The summed E-state index contributed by atoms with van der Waals surface area (Å²) in [6, 6.07) is 7.86. The highest BCUT2D eigenvalue weighted by Crippen LogP contribution is 2.31. The third-order valence-electron chi connectivity index (χ3n) is 2.99. The van der Waals surface area contributed by atoms with E-state index in [-0.39, 0.29) is 6.42 Å². The van der Waals surface area contributed by atoms with Gasteiger partial charge in [0.1, 0.15) is 6.26 Å². The van der Waals surface area contributed by atoms with Gasteiger partial charge < -0.3 is 14.5 Å². The number of hydrogen-bond donors (Lipinski definition) is 2. The number of hydrogen-bond acceptors (Lipinski definition) is 3. The molecule has 0 aliphatic heterocycles. The van der Waals surface area contributed by atoms with Crippen molar-refractivity contribution in [3.8, 4) is 11.5 Å². The molecule has 0 atom stereocenters. The van der Waals surface area contributed by atoms with Gasteiger partial charge in [0.25, 0.3) is 0 Å². The number of oxazole rings is 1. The Morgan fingerprint density at radius 3 is 3.00 bits per heavy atom. The number of nitrogens with zero attached hydrogens (tertiary/aromatic N) is 1. The molecule has 3 aromatic rings. The second kappa shape index (κ2) is 4.28. The molecule has 2 aromatic heterocycles. The maximum absolute atomic E-state index is 10.7. The lowest BCUT2D eigenvalue weighted by Gasteiger charge is -1.94. The summed E-state index contributed by atoms with van der Waals surface area (Å²) in [7, 11) is 0. The normalized spacial score (nSPS) is 11.0. The number of aryl methyl sites for hydroxylation is 1. The number of aromatic nitrogens is 2. The van der Waals surface area contributed by atoms with E-state index in [4.69, 9.17) is 9.52 Å². The number of para-hydroxylation sites is 1. The Labute approximate surface area is 108 Å². The van der Waals surface area contributed by atoms with Gasteiger partial charge in [0.05, 0.1) is 17.7 Å². The molecule has 0 spiro atoms. The third-order valence-corrected chi connectivity index (χ3v) is 2.99. The predicted octanol–water partition coefficient (Wildman–Crippen LogP) is 2.76. The van der Waals surface area contributed by atoms with Crippen LogP contribution in [0.1, 0.15) is 11.4 Å². The lowest BCUT2D eigenvalue weighted by molar-refractivity contribution is -0.136. The van der Waals surface area contributed by atoms with E-state index in [9.17, 15) is 4.79 Å². The maximum Gasteiger partial charge on any atom is 0.309 e. The average Bonchev–Trinajstić information content (AvgIpc) is 2.91. The first-order valence-corrected chi connectivity index (χ1v) is 5.89. The smallest absolute Gasteiger partial charge is 0.309 e. The summed E-state index contributed by atoms with van der Waals surface area (Å²) in [5, 5.41) is 9.76. The van der Waals surface area contributed by atoms with Crippen LogP contribution in [0.15, 0.2) is 34.9 Å². The van der Waals surface area contributed by atoms with Crippen LogP contribution in [0.5, 0.6) is 0 Å². The van der Waals surface area contributed by atoms with E-state index in [0.29, 0.717) is 11.6 Å². The number of aliphatic carboxylic acids is 1. The van der Waals surface area contributed by atoms with Gasteiger partial charge in [0.15, 0.2) is 0 Å². The monoisotopic (exact) mass is 256 g/mol. The van der Waals surface area contributed by atoms with Crippen molar-refractivity contribution in [1.29, 1.82) is 0 Å². The van der Waals surface area contributed by atoms with Gasteiger partial charge in [-0.1, -0.05) is 18.2 Å². The third kappa shape index (κ3) is 1.99. The first kappa shape index (κ1) is 11.5. The molecule has 0 saturated heterocycles. The lowest BCUT2D eigenvalue weighted by atomic mass is 10.1. The fourth-order valence-electron chi connectivity index (χ4n) is 2.21. The molecule has 5 nitrogen and oxygen atoms in total. The van der Waals surface area contributed by atoms with Crippen LogP contribution >= 0.6 is 0 Å². The van der Waals surface area contributed by atoms with E-state index in [1.165, 1.54) is 6.26 Å². The molecule has 1 aromatic carbocycles. The molecule has 2 heterocycles. The highest BCUT2D eigenvalue weighted by molar-refractivity contribution is 5.95. The zero-order valence-electron chi connectivity index (χ0n) is 10.3. The van der Waals surface area contributed by atoms with Crippen LogP contribution in [0.4, 0.5) is 0 Å². The summed E-state index contributed by atoms with van der Waals surface area (Å²) in [5.41, 5.74) is 3.26. The van der Waals surface area contributed by atoms with Crippen molar-refractivity contribution < 1.29 is 14.3 Å². The summed E-state index contributed by atoms with van der Waals surface area (Å²) in [5.74, 6) is -0.471. The molecular formula is C14H12N2O3. The van der Waals surface area contributed by atoms with E-state index in [0.717, 1.165) is 22.2 Å². The lowest BCUT2D eigenvalue weighted by Crippen LogP contribution is -1.99. The van der Waals surface area contributed by atoms with Gasteiger partial charge >= 0.3 is 5.97 Å². The van der Waals surface area contributed by atoms with Crippen molar-refractivity contribution in [2.75, 3.05) is 0 Å². The minimum absolute atomic E-state index is 0.134. The molecule has 0 bridgehead atoms. The second-order valence-electron chi connectivity index (χ2n) is 4.39. The molecule has 2 N–H and O–H groups in total. The number of fused-ring (bicyclic) bond motifs is 1. The number of H-pyrrole nitrogens is 1. The van der Waals surface area contributed by atoms with E-state index in [1.807, 2.05) is 31.2 Å². The zero-order valence-corrected chi connectivity index (χ0v) is 10.3. The quantitative estimate of drug-likeness (QED) is 0.755. The van der Waals surface area contributed by atoms with Crippen LogP contribution in [0, 0.1) is 6.92 Å². The Kier molecular flexibility index (Phi) is 2.59. The van der Waals surface area contributed by atoms with Gasteiger partial charge in [0, 0.05) is 16.6 Å². The first-order chi connectivity index (χ1) is 9.15. The van der Waals surface area contributed by atoms with Gasteiger partial charge in [-0.2, -0.15) is 0 Å². The average molecular weight is 256 g/mol. The maximum atomic E-state index is 10.7. The van der Waals surface area contributed by atoms with Crippen LogP contribution in [-0.4, -0.2) is 21.0 Å². The van der Waals surface area contributed by atoms with Crippen LogP contribution in [-0.2, 0) is 11.2 Å². The standard InChI is InChI=1S/C14H12N2O3/c1-8-13(10-4-2-3-5-11(10)15-8)14-16-9(7-19-14)6-12(17)18/h2-5,7,15H,6H2,1H3,(H,17,18). The Bertz CT molecular complexity index is 755. The van der Waals surface area contributed by atoms with E-state index < -0.39 is 5.97 Å². The van der Waals surface area contributed by atoms with E-state index >= 15 is 0 Å². The molecule has 0 fully saturated rings. The number of carboxylic acids is 1. The topological polar surface area (TPSA) is 79.1 Å². The van der Waals surface area contributed by atoms with Crippen LogP contribution in [0.25, 0.3) is 22.4 Å². The number of carboxylic acid groups (broad SMARTS) is 1. The molecule has 5 heteroatoms. The van der Waals surface area contributed by atoms with Crippen molar-refractivity contribution in [2.24, 2.45) is 0 Å². The Morgan fingerprint density at radius 1 is 1.42 bits per heavy atom. The van der Waals surface area contributed by atoms with Gasteiger partial charge in [-0.3, -0.25) is 4.79 Å². The van der Waals surface area contributed by atoms with Crippen molar-refractivity contribution in [3.63, 3.8) is 0 Å². The molecule has 96 valence electrons. The largest absolute Gasteiger partial charge is 0.481 e. The fraction of sp³-hybridized carbons (Fsp3) is 0.143. The molecule has 0 radical (unpaired) electrons. The summed E-state index contributed by atoms with van der Waals surface area (Å²) in [4.78, 5) is 18.2. The second-order valence-corrected chi connectivity index (χ2v) is 4.39. The van der Waals surface area contributed by atoms with Crippen LogP contribution < -0.4 is 0 Å².